The maximum Gasteiger partial charge on any atom is 0.250 e. The third-order valence-electron chi connectivity index (χ3n) is 3.25. The summed E-state index contributed by atoms with van der Waals surface area (Å²) in [5.41, 5.74) is 6.43. The van der Waals surface area contributed by atoms with Gasteiger partial charge in [0, 0.05) is 12.8 Å². The van der Waals surface area contributed by atoms with Crippen LogP contribution >= 0.6 is 13.5 Å². The van der Waals surface area contributed by atoms with Gasteiger partial charge in [0.1, 0.15) is 6.33 Å². The maximum absolute atomic E-state index is 13.4. The lowest BCUT2D eigenvalue weighted by Crippen LogP contribution is -2.28. The number of fused-ring (bicyclic) bond motifs is 1. The largest absolute Gasteiger partial charge is 0.382 e. The van der Waals surface area contributed by atoms with Crippen molar-refractivity contribution in [3.05, 3.63) is 6.33 Å². The molecular weight excluding hydrogens is 274 g/mol. The first-order valence-corrected chi connectivity index (χ1v) is 5.76. The van der Waals surface area contributed by atoms with Gasteiger partial charge in [-0.3, -0.25) is 0 Å². The molecule has 9 heteroatoms. The molecule has 1 fully saturated rings. The maximum atomic E-state index is 13.4. The molecule has 2 aromatic rings. The van der Waals surface area contributed by atoms with Crippen LogP contribution < -0.4 is 5.73 Å². The average Bonchev–Trinajstić information content (AvgIpc) is 2.73. The predicted octanol–water partition coefficient (Wildman–Crippen LogP) is 1.67. The molecule has 0 unspecified atom stereocenters. The smallest absolute Gasteiger partial charge is 0.250 e. The van der Waals surface area contributed by atoms with Gasteiger partial charge in [0.05, 0.1) is 6.04 Å². The molecule has 19 heavy (non-hydrogen) atoms. The highest BCUT2D eigenvalue weighted by atomic mass is 32.1. The molecule has 1 aliphatic rings. The molecule has 0 bridgehead atoms. The summed E-state index contributed by atoms with van der Waals surface area (Å²) < 4.78 is 28.3. The van der Waals surface area contributed by atoms with E-state index in [4.69, 9.17) is 5.73 Å². The van der Waals surface area contributed by atoms with E-state index in [2.05, 4.69) is 20.3 Å². The molecule has 2 N–H and O–H groups in total. The third-order valence-corrected chi connectivity index (χ3v) is 3.25. The molecule has 0 aromatic carbocycles. The first-order chi connectivity index (χ1) is 8.57. The fourth-order valence-corrected chi connectivity index (χ4v) is 2.38. The Balaban J connectivity index is 0.00000133. The fraction of sp³-hybridized carbons (Fsp3) is 0.600. The average molecular weight is 288 g/mol. The molecule has 104 valence electrons. The monoisotopic (exact) mass is 288 g/mol. The summed E-state index contributed by atoms with van der Waals surface area (Å²) >= 11 is 0. The van der Waals surface area contributed by atoms with Crippen LogP contribution in [0.1, 0.15) is 31.7 Å². The molecule has 0 amide bonds. The van der Waals surface area contributed by atoms with Crippen molar-refractivity contribution in [3.63, 3.8) is 0 Å². The second-order valence-corrected chi connectivity index (χ2v) is 4.57. The Hall–Kier alpha value is -1.51. The predicted molar refractivity (Wildman–Crippen MR) is 70.4 cm³/mol. The van der Waals surface area contributed by atoms with E-state index in [9.17, 15) is 8.78 Å². The molecule has 0 saturated heterocycles. The standard InChI is InChI=1S/C10H12F2N6.H2S/c11-10(12)3-1-2-6(4-10)18-9-7(16-17-18)8(13)14-5-15-9;/h5-6H,1-4H2,(H2,13,14,15);1H2/t6-;/m0./s1. The Morgan fingerprint density at radius 3 is 2.89 bits per heavy atom. The van der Waals surface area contributed by atoms with Gasteiger partial charge in [-0.1, -0.05) is 5.21 Å². The fourth-order valence-electron chi connectivity index (χ4n) is 2.38. The number of alkyl halides is 2. The normalized spacial score (nSPS) is 22.1. The van der Waals surface area contributed by atoms with Crippen LogP contribution in [0.15, 0.2) is 6.33 Å². The number of hydrogen-bond acceptors (Lipinski definition) is 5. The summed E-state index contributed by atoms with van der Waals surface area (Å²) in [6, 6.07) is -0.381. The Kier molecular flexibility index (Phi) is 3.57. The lowest BCUT2D eigenvalue weighted by atomic mass is 9.92. The third kappa shape index (κ3) is 2.46. The second kappa shape index (κ2) is 4.87. The Labute approximate surface area is 114 Å². The Morgan fingerprint density at radius 1 is 1.37 bits per heavy atom. The van der Waals surface area contributed by atoms with Crippen LogP contribution in [0.4, 0.5) is 14.6 Å². The van der Waals surface area contributed by atoms with Gasteiger partial charge in [-0.25, -0.2) is 23.4 Å². The minimum absolute atomic E-state index is 0. The lowest BCUT2D eigenvalue weighted by Gasteiger charge is -2.28. The van der Waals surface area contributed by atoms with Crippen molar-refractivity contribution in [2.45, 2.75) is 37.6 Å². The van der Waals surface area contributed by atoms with Crippen molar-refractivity contribution in [2.24, 2.45) is 0 Å². The van der Waals surface area contributed by atoms with Crippen molar-refractivity contribution >= 4 is 30.5 Å². The summed E-state index contributed by atoms with van der Waals surface area (Å²) in [6.45, 7) is 0. The molecule has 6 nitrogen and oxygen atoms in total. The van der Waals surface area contributed by atoms with Gasteiger partial charge in [0.2, 0.25) is 5.92 Å². The number of anilines is 1. The van der Waals surface area contributed by atoms with Crippen LogP contribution in [0.5, 0.6) is 0 Å². The second-order valence-electron chi connectivity index (χ2n) is 4.57. The molecule has 1 aliphatic carbocycles. The van der Waals surface area contributed by atoms with E-state index < -0.39 is 5.92 Å². The zero-order chi connectivity index (χ0) is 12.8. The highest BCUT2D eigenvalue weighted by Gasteiger charge is 2.38. The number of rotatable bonds is 1. The molecule has 1 atom stereocenters. The van der Waals surface area contributed by atoms with Crippen LogP contribution in [0.2, 0.25) is 0 Å². The molecule has 2 aromatic heterocycles. The van der Waals surface area contributed by atoms with E-state index >= 15 is 0 Å². The molecule has 3 rings (SSSR count). The number of nitrogen functional groups attached to an aromatic ring is 1. The number of halogens is 2. The van der Waals surface area contributed by atoms with Crippen LogP contribution in [-0.2, 0) is 0 Å². The van der Waals surface area contributed by atoms with Gasteiger partial charge < -0.3 is 5.73 Å². The summed E-state index contributed by atoms with van der Waals surface area (Å²) in [5.74, 6) is -2.42. The van der Waals surface area contributed by atoms with Crippen LogP contribution in [0, 0.1) is 0 Å². The molecule has 0 radical (unpaired) electrons. The van der Waals surface area contributed by atoms with Gasteiger partial charge >= 0.3 is 0 Å². The summed E-state index contributed by atoms with van der Waals surface area (Å²) in [7, 11) is 0. The molecular formula is C10H14F2N6S. The van der Waals surface area contributed by atoms with E-state index in [-0.39, 0.29) is 38.2 Å². The van der Waals surface area contributed by atoms with Gasteiger partial charge in [-0.2, -0.15) is 13.5 Å². The zero-order valence-corrected chi connectivity index (χ0v) is 11.1. The van der Waals surface area contributed by atoms with Crippen molar-refractivity contribution in [2.75, 3.05) is 5.73 Å². The van der Waals surface area contributed by atoms with Crippen LogP contribution in [-0.4, -0.2) is 30.9 Å². The Bertz CT molecular complexity index is 586. The highest BCUT2D eigenvalue weighted by Crippen LogP contribution is 2.39. The zero-order valence-electron chi connectivity index (χ0n) is 10.1. The number of nitrogens with two attached hydrogens (primary N) is 1. The van der Waals surface area contributed by atoms with Crippen molar-refractivity contribution in [1.29, 1.82) is 0 Å². The highest BCUT2D eigenvalue weighted by molar-refractivity contribution is 7.59. The van der Waals surface area contributed by atoms with Crippen molar-refractivity contribution < 1.29 is 8.78 Å². The minimum atomic E-state index is -2.64. The molecule has 1 saturated carbocycles. The lowest BCUT2D eigenvalue weighted by molar-refractivity contribution is -0.0508. The van der Waals surface area contributed by atoms with Gasteiger partial charge in [0.15, 0.2) is 17.0 Å². The van der Waals surface area contributed by atoms with Gasteiger partial charge in [-0.15, -0.1) is 5.10 Å². The number of hydrogen-bond donors (Lipinski definition) is 1. The van der Waals surface area contributed by atoms with Crippen LogP contribution in [0.3, 0.4) is 0 Å². The van der Waals surface area contributed by atoms with E-state index in [1.807, 2.05) is 0 Å². The number of aromatic nitrogens is 5. The van der Waals surface area contributed by atoms with E-state index in [1.54, 1.807) is 0 Å². The molecule has 0 aliphatic heterocycles. The van der Waals surface area contributed by atoms with Crippen LogP contribution in [0.25, 0.3) is 11.2 Å². The molecule has 2 heterocycles. The van der Waals surface area contributed by atoms with E-state index in [1.165, 1.54) is 11.0 Å². The summed E-state index contributed by atoms with van der Waals surface area (Å²) in [5, 5.41) is 7.76. The van der Waals surface area contributed by atoms with Crippen molar-refractivity contribution in [3.8, 4) is 0 Å². The van der Waals surface area contributed by atoms with Crippen molar-refractivity contribution in [1.82, 2.24) is 25.0 Å². The minimum Gasteiger partial charge on any atom is -0.382 e. The van der Waals surface area contributed by atoms with E-state index in [0.717, 1.165) is 0 Å². The SMILES string of the molecule is Nc1ncnc2c1nnn2[C@H]1CCCC(F)(F)C1.S. The number of nitrogens with zero attached hydrogens (tertiary/aromatic N) is 5. The Morgan fingerprint density at radius 2 is 2.16 bits per heavy atom. The first kappa shape index (κ1) is 13.9. The topological polar surface area (TPSA) is 82.5 Å². The first-order valence-electron chi connectivity index (χ1n) is 5.76. The summed E-state index contributed by atoms with van der Waals surface area (Å²) in [4.78, 5) is 7.82. The van der Waals surface area contributed by atoms with E-state index in [0.29, 0.717) is 24.0 Å². The van der Waals surface area contributed by atoms with Gasteiger partial charge in [-0.05, 0) is 12.8 Å². The quantitative estimate of drug-likeness (QED) is 0.863. The van der Waals surface area contributed by atoms with Gasteiger partial charge in [0.25, 0.3) is 0 Å². The summed E-state index contributed by atoms with van der Waals surface area (Å²) in [6.07, 6.45) is 2.12. The molecule has 0 spiro atoms.